The van der Waals surface area contributed by atoms with Crippen LogP contribution in [-0.4, -0.2) is 55.7 Å². The summed E-state index contributed by atoms with van der Waals surface area (Å²) in [5, 5.41) is 5.31. The summed E-state index contributed by atoms with van der Waals surface area (Å²) < 4.78 is 35.0. The number of aromatic nitrogens is 1. The van der Waals surface area contributed by atoms with E-state index in [1.165, 1.54) is 16.4 Å². The molecule has 0 spiro atoms. The van der Waals surface area contributed by atoms with Crippen LogP contribution in [0.3, 0.4) is 0 Å². The Morgan fingerprint density at radius 2 is 1.51 bits per heavy atom. The summed E-state index contributed by atoms with van der Waals surface area (Å²) in [6.07, 6.45) is 1.65. The van der Waals surface area contributed by atoms with E-state index >= 15 is 0 Å². The van der Waals surface area contributed by atoms with Crippen molar-refractivity contribution in [3.8, 4) is 16.9 Å². The van der Waals surface area contributed by atoms with E-state index < -0.39 is 15.9 Å². The molecule has 1 aliphatic rings. The van der Waals surface area contributed by atoms with E-state index in [0.717, 1.165) is 33.4 Å². The van der Waals surface area contributed by atoms with Crippen LogP contribution in [0.25, 0.3) is 27.8 Å². The molecule has 6 rings (SSSR count). The molecule has 41 heavy (non-hydrogen) atoms. The third-order valence-electron chi connectivity index (χ3n) is 7.04. The molecule has 206 valence electrons. The quantitative estimate of drug-likeness (QED) is 0.220. The van der Waals surface area contributed by atoms with Gasteiger partial charge in [0.15, 0.2) is 0 Å². The topological polar surface area (TPSA) is 93.0 Å². The molecule has 0 bridgehead atoms. The second-order valence-corrected chi connectivity index (χ2v) is 11.5. The highest BCUT2D eigenvalue weighted by Gasteiger charge is 2.27. The van der Waals surface area contributed by atoms with Gasteiger partial charge in [0.05, 0.1) is 35.5 Å². The maximum absolute atomic E-state index is 13.1. The molecule has 0 radical (unpaired) electrons. The Bertz CT molecular complexity index is 1830. The summed E-state index contributed by atoms with van der Waals surface area (Å²) in [5.74, 6) is -0.506. The number of hydrogen-bond acceptors (Lipinski definition) is 5. The Kier molecular flexibility index (Phi) is 7.47. The van der Waals surface area contributed by atoms with Crippen molar-refractivity contribution in [2.24, 2.45) is 5.10 Å². The number of sulfonamides is 1. The van der Waals surface area contributed by atoms with E-state index in [-0.39, 0.29) is 23.5 Å². The number of para-hydroxylation sites is 2. The monoisotopic (exact) mass is 564 g/mol. The van der Waals surface area contributed by atoms with Gasteiger partial charge in [0, 0.05) is 35.3 Å². The fourth-order valence-electron chi connectivity index (χ4n) is 5.08. The predicted molar refractivity (Wildman–Crippen MR) is 160 cm³/mol. The summed E-state index contributed by atoms with van der Waals surface area (Å²) in [6.45, 7) is 1.26. The Balaban J connectivity index is 1.35. The highest BCUT2D eigenvalue weighted by Crippen LogP contribution is 2.35. The summed E-state index contributed by atoms with van der Waals surface area (Å²) >= 11 is 0. The van der Waals surface area contributed by atoms with E-state index in [9.17, 15) is 13.2 Å². The third kappa shape index (κ3) is 5.30. The lowest BCUT2D eigenvalue weighted by Gasteiger charge is -2.26. The molecule has 5 aromatic rings. The van der Waals surface area contributed by atoms with Gasteiger partial charge in [-0.3, -0.25) is 4.79 Å². The minimum absolute atomic E-state index is 0.0633. The standard InChI is InChI=1S/C32H28N4O4S/c37-32(25-12-9-15-27(22-25)41(38,39)35-18-20-40-21-19-35)34-33-23-29-28-16-7-8-17-30(28)36(26-13-5-2-6-14-26)31(29)24-10-3-1-4-11-24/h1-17,22-23H,18-21H2,(H,34,37). The number of ether oxygens (including phenoxy) is 1. The molecule has 9 heteroatoms. The van der Waals surface area contributed by atoms with Gasteiger partial charge in [-0.25, -0.2) is 13.8 Å². The highest BCUT2D eigenvalue weighted by atomic mass is 32.2. The molecule has 0 saturated carbocycles. The average Bonchev–Trinajstić information content (AvgIpc) is 3.36. The number of hydrazone groups is 1. The van der Waals surface area contributed by atoms with E-state index in [2.05, 4.69) is 33.3 Å². The minimum atomic E-state index is -3.73. The number of benzene rings is 4. The largest absolute Gasteiger partial charge is 0.379 e. The maximum atomic E-state index is 13.1. The number of carbonyl (C=O) groups is 1. The third-order valence-corrected chi connectivity index (χ3v) is 8.93. The molecule has 8 nitrogen and oxygen atoms in total. The van der Waals surface area contributed by atoms with Gasteiger partial charge < -0.3 is 9.30 Å². The van der Waals surface area contributed by atoms with Crippen LogP contribution in [0.5, 0.6) is 0 Å². The summed E-state index contributed by atoms with van der Waals surface area (Å²) in [6, 6.07) is 34.2. The van der Waals surface area contributed by atoms with E-state index in [1.807, 2.05) is 66.7 Å². The van der Waals surface area contributed by atoms with Gasteiger partial charge in [-0.15, -0.1) is 0 Å². The predicted octanol–water partition coefficient (Wildman–Crippen LogP) is 5.08. The van der Waals surface area contributed by atoms with Crippen LogP contribution < -0.4 is 5.43 Å². The first-order valence-corrected chi connectivity index (χ1v) is 14.7. The van der Waals surface area contributed by atoms with Gasteiger partial charge in [0.2, 0.25) is 10.0 Å². The van der Waals surface area contributed by atoms with E-state index in [0.29, 0.717) is 13.2 Å². The molecule has 1 saturated heterocycles. The van der Waals surface area contributed by atoms with E-state index in [4.69, 9.17) is 4.74 Å². The number of morpholine rings is 1. The number of carbonyl (C=O) groups excluding carboxylic acids is 1. The first kappa shape index (κ1) is 26.6. The van der Waals surface area contributed by atoms with Crippen molar-refractivity contribution < 1.29 is 17.9 Å². The smallest absolute Gasteiger partial charge is 0.271 e. The van der Waals surface area contributed by atoms with E-state index in [1.54, 1.807) is 18.3 Å². The van der Waals surface area contributed by atoms with Crippen molar-refractivity contribution in [3.05, 3.63) is 120 Å². The lowest BCUT2D eigenvalue weighted by molar-refractivity contribution is 0.0730. The summed E-state index contributed by atoms with van der Waals surface area (Å²) in [5.41, 5.74) is 7.59. The van der Waals surface area contributed by atoms with Crippen LogP contribution in [0.4, 0.5) is 0 Å². The van der Waals surface area contributed by atoms with Crippen LogP contribution in [0.2, 0.25) is 0 Å². The zero-order valence-electron chi connectivity index (χ0n) is 22.2. The zero-order valence-corrected chi connectivity index (χ0v) is 23.0. The van der Waals surface area contributed by atoms with Crippen molar-refractivity contribution in [1.29, 1.82) is 0 Å². The fourth-order valence-corrected chi connectivity index (χ4v) is 6.53. The lowest BCUT2D eigenvalue weighted by Crippen LogP contribution is -2.40. The molecular weight excluding hydrogens is 536 g/mol. The number of nitrogens with one attached hydrogen (secondary N) is 1. The number of fused-ring (bicyclic) bond motifs is 1. The highest BCUT2D eigenvalue weighted by molar-refractivity contribution is 7.89. The molecule has 1 amide bonds. The molecule has 0 atom stereocenters. The lowest BCUT2D eigenvalue weighted by atomic mass is 10.1. The Morgan fingerprint density at radius 1 is 0.829 bits per heavy atom. The average molecular weight is 565 g/mol. The van der Waals surface area contributed by atoms with Gasteiger partial charge in [0.25, 0.3) is 5.91 Å². The first-order valence-electron chi connectivity index (χ1n) is 13.3. The second kappa shape index (κ2) is 11.5. The Hall–Kier alpha value is -4.57. The first-order chi connectivity index (χ1) is 20.0. The van der Waals surface area contributed by atoms with Gasteiger partial charge in [-0.1, -0.05) is 72.8 Å². The van der Waals surface area contributed by atoms with Gasteiger partial charge >= 0.3 is 0 Å². The van der Waals surface area contributed by atoms with Crippen molar-refractivity contribution in [3.63, 3.8) is 0 Å². The molecule has 1 fully saturated rings. The van der Waals surface area contributed by atoms with Gasteiger partial charge in [-0.05, 0) is 42.0 Å². The molecule has 1 aliphatic heterocycles. The number of rotatable bonds is 7. The molecule has 0 aliphatic carbocycles. The van der Waals surface area contributed by atoms with Crippen molar-refractivity contribution >= 4 is 33.0 Å². The number of hydrogen-bond donors (Lipinski definition) is 1. The van der Waals surface area contributed by atoms with Crippen LogP contribution in [0.1, 0.15) is 15.9 Å². The molecule has 4 aromatic carbocycles. The van der Waals surface area contributed by atoms with Crippen LogP contribution in [0, 0.1) is 0 Å². The SMILES string of the molecule is O=C(NN=Cc1c(-c2ccccc2)n(-c2ccccc2)c2ccccc12)c1cccc(S(=O)(=O)N2CCOCC2)c1. The summed E-state index contributed by atoms with van der Waals surface area (Å²) in [4.78, 5) is 13.1. The van der Waals surface area contributed by atoms with Crippen molar-refractivity contribution in [1.82, 2.24) is 14.3 Å². The maximum Gasteiger partial charge on any atom is 0.271 e. The molecule has 1 aromatic heterocycles. The minimum Gasteiger partial charge on any atom is -0.379 e. The molecule has 0 unspecified atom stereocenters. The summed E-state index contributed by atoms with van der Waals surface area (Å²) in [7, 11) is -3.73. The molecule has 2 heterocycles. The zero-order chi connectivity index (χ0) is 28.2. The van der Waals surface area contributed by atoms with Crippen LogP contribution >= 0.6 is 0 Å². The van der Waals surface area contributed by atoms with Gasteiger partial charge in [-0.2, -0.15) is 9.41 Å². The van der Waals surface area contributed by atoms with Gasteiger partial charge in [0.1, 0.15) is 0 Å². The van der Waals surface area contributed by atoms with Crippen molar-refractivity contribution in [2.45, 2.75) is 4.90 Å². The van der Waals surface area contributed by atoms with Crippen LogP contribution in [-0.2, 0) is 14.8 Å². The molecular formula is C32H28N4O4S. The Labute approximate surface area is 238 Å². The normalized spacial score (nSPS) is 14.4. The van der Waals surface area contributed by atoms with Crippen molar-refractivity contribution in [2.75, 3.05) is 26.3 Å². The number of amides is 1. The molecule has 1 N–H and O–H groups in total. The van der Waals surface area contributed by atoms with Crippen LogP contribution in [0.15, 0.2) is 119 Å². The number of nitrogens with zero attached hydrogens (tertiary/aromatic N) is 3. The Morgan fingerprint density at radius 3 is 2.27 bits per heavy atom. The fraction of sp³-hybridized carbons (Fsp3) is 0.125. The second-order valence-electron chi connectivity index (χ2n) is 9.56.